The summed E-state index contributed by atoms with van der Waals surface area (Å²) in [5, 5.41) is 0.718. The Balaban J connectivity index is 3.15. The van der Waals surface area contributed by atoms with Crippen molar-refractivity contribution in [3.63, 3.8) is 0 Å². The van der Waals surface area contributed by atoms with Gasteiger partial charge < -0.3 is 4.42 Å². The molecule has 0 unspecified atom stereocenters. The average molecular weight is 173 g/mol. The maximum Gasteiger partial charge on any atom is 0.113 e. The Morgan fingerprint density at radius 2 is 1.91 bits per heavy atom. The Labute approximate surface area is 72.4 Å². The zero-order chi connectivity index (χ0) is 8.65. The lowest BCUT2D eigenvalue weighted by Crippen LogP contribution is -2.10. The van der Waals surface area contributed by atoms with Crippen LogP contribution in [0, 0.1) is 6.92 Å². The molecule has 11 heavy (non-hydrogen) atoms. The van der Waals surface area contributed by atoms with E-state index in [-0.39, 0.29) is 5.41 Å². The number of rotatable bonds is 0. The van der Waals surface area contributed by atoms with E-state index >= 15 is 0 Å². The normalized spacial score (nSPS) is 12.1. The molecule has 0 fully saturated rings. The van der Waals surface area contributed by atoms with Crippen molar-refractivity contribution in [1.29, 1.82) is 0 Å². The highest BCUT2D eigenvalue weighted by Gasteiger charge is 2.21. The molecule has 0 radical (unpaired) electrons. The SMILES string of the molecule is Cc1c(Cl)coc1C(C)(C)C. The molecule has 0 aromatic carbocycles. The fourth-order valence-corrected chi connectivity index (χ4v) is 1.27. The summed E-state index contributed by atoms with van der Waals surface area (Å²) in [6.07, 6.45) is 1.59. The molecule has 0 bridgehead atoms. The summed E-state index contributed by atoms with van der Waals surface area (Å²) in [6, 6.07) is 0. The smallest absolute Gasteiger partial charge is 0.113 e. The van der Waals surface area contributed by atoms with Crippen molar-refractivity contribution in [3.8, 4) is 0 Å². The van der Waals surface area contributed by atoms with Gasteiger partial charge in [-0.05, 0) is 6.92 Å². The molecule has 1 aromatic heterocycles. The van der Waals surface area contributed by atoms with Crippen LogP contribution < -0.4 is 0 Å². The monoisotopic (exact) mass is 172 g/mol. The second-order valence-corrected chi connectivity index (χ2v) is 4.19. The van der Waals surface area contributed by atoms with Crippen LogP contribution in [0.4, 0.5) is 0 Å². The summed E-state index contributed by atoms with van der Waals surface area (Å²) in [5.41, 5.74) is 1.11. The van der Waals surface area contributed by atoms with Crippen LogP contribution in [-0.4, -0.2) is 0 Å². The van der Waals surface area contributed by atoms with Gasteiger partial charge in [-0.2, -0.15) is 0 Å². The van der Waals surface area contributed by atoms with Gasteiger partial charge in [-0.25, -0.2) is 0 Å². The minimum absolute atomic E-state index is 0.0528. The van der Waals surface area contributed by atoms with E-state index < -0.39 is 0 Å². The van der Waals surface area contributed by atoms with Crippen LogP contribution in [0.25, 0.3) is 0 Å². The molecule has 0 saturated carbocycles. The van der Waals surface area contributed by atoms with E-state index in [2.05, 4.69) is 20.8 Å². The molecule has 62 valence electrons. The zero-order valence-electron chi connectivity index (χ0n) is 7.36. The molecule has 2 heteroatoms. The third kappa shape index (κ3) is 1.59. The summed E-state index contributed by atoms with van der Waals surface area (Å²) in [7, 11) is 0. The van der Waals surface area contributed by atoms with Crippen molar-refractivity contribution in [2.45, 2.75) is 33.1 Å². The van der Waals surface area contributed by atoms with Crippen LogP contribution in [0.5, 0.6) is 0 Å². The van der Waals surface area contributed by atoms with Gasteiger partial charge in [0.25, 0.3) is 0 Å². The van der Waals surface area contributed by atoms with Crippen LogP contribution in [-0.2, 0) is 5.41 Å². The predicted molar refractivity (Wildman–Crippen MR) is 47.2 cm³/mol. The minimum atomic E-state index is 0.0528. The molecule has 0 aliphatic carbocycles. The van der Waals surface area contributed by atoms with E-state index in [1.54, 1.807) is 6.26 Å². The van der Waals surface area contributed by atoms with Crippen LogP contribution in [0.3, 0.4) is 0 Å². The van der Waals surface area contributed by atoms with E-state index in [4.69, 9.17) is 16.0 Å². The third-order valence-electron chi connectivity index (χ3n) is 1.66. The summed E-state index contributed by atoms with van der Waals surface area (Å²) < 4.78 is 5.33. The highest BCUT2D eigenvalue weighted by Crippen LogP contribution is 2.31. The van der Waals surface area contributed by atoms with E-state index in [9.17, 15) is 0 Å². The molecule has 0 N–H and O–H groups in total. The Morgan fingerprint density at radius 3 is 2.09 bits per heavy atom. The van der Waals surface area contributed by atoms with E-state index in [1.165, 1.54) is 0 Å². The maximum absolute atomic E-state index is 5.84. The molecule has 1 heterocycles. The second-order valence-electron chi connectivity index (χ2n) is 3.79. The average Bonchev–Trinajstić information content (AvgIpc) is 2.11. The molecule has 0 saturated heterocycles. The molecule has 1 rings (SSSR count). The lowest BCUT2D eigenvalue weighted by molar-refractivity contribution is 0.406. The first-order valence-electron chi connectivity index (χ1n) is 3.67. The number of furan rings is 1. The van der Waals surface area contributed by atoms with Gasteiger partial charge in [0, 0.05) is 11.0 Å². The molecule has 0 aliphatic rings. The largest absolute Gasteiger partial charge is 0.467 e. The highest BCUT2D eigenvalue weighted by molar-refractivity contribution is 6.31. The van der Waals surface area contributed by atoms with Crippen LogP contribution in [0.1, 0.15) is 32.1 Å². The van der Waals surface area contributed by atoms with Crippen molar-refractivity contribution in [1.82, 2.24) is 0 Å². The third-order valence-corrected chi connectivity index (χ3v) is 2.03. The van der Waals surface area contributed by atoms with Gasteiger partial charge in [0.15, 0.2) is 0 Å². The molecule has 0 aliphatic heterocycles. The second kappa shape index (κ2) is 2.56. The van der Waals surface area contributed by atoms with Gasteiger partial charge in [0.1, 0.15) is 12.0 Å². The molecular weight excluding hydrogens is 160 g/mol. The van der Waals surface area contributed by atoms with Crippen LogP contribution in [0.2, 0.25) is 5.02 Å². The lowest BCUT2D eigenvalue weighted by atomic mass is 9.91. The molecule has 1 aromatic rings. The predicted octanol–water partition coefficient (Wildman–Crippen LogP) is 3.54. The fourth-order valence-electron chi connectivity index (χ4n) is 1.14. The first kappa shape index (κ1) is 8.66. The summed E-state index contributed by atoms with van der Waals surface area (Å²) in [4.78, 5) is 0. The fraction of sp³-hybridized carbons (Fsp3) is 0.556. The number of hydrogen-bond acceptors (Lipinski definition) is 1. The summed E-state index contributed by atoms with van der Waals surface area (Å²) in [5.74, 6) is 0.975. The van der Waals surface area contributed by atoms with E-state index in [0.29, 0.717) is 0 Å². The first-order valence-corrected chi connectivity index (χ1v) is 4.05. The zero-order valence-corrected chi connectivity index (χ0v) is 8.12. The van der Waals surface area contributed by atoms with E-state index in [1.807, 2.05) is 6.92 Å². The summed E-state index contributed by atoms with van der Waals surface area (Å²) >= 11 is 5.84. The molecule has 0 atom stereocenters. The minimum Gasteiger partial charge on any atom is -0.467 e. The van der Waals surface area contributed by atoms with Gasteiger partial charge in [-0.1, -0.05) is 32.4 Å². The lowest BCUT2D eigenvalue weighted by Gasteiger charge is -2.15. The van der Waals surface area contributed by atoms with Gasteiger partial charge >= 0.3 is 0 Å². The molecule has 1 nitrogen and oxygen atoms in total. The van der Waals surface area contributed by atoms with Gasteiger partial charge in [-0.15, -0.1) is 0 Å². The Hall–Kier alpha value is -0.430. The summed E-state index contributed by atoms with van der Waals surface area (Å²) in [6.45, 7) is 8.30. The van der Waals surface area contributed by atoms with Crippen molar-refractivity contribution < 1.29 is 4.42 Å². The Bertz CT molecular complexity index is 255. The topological polar surface area (TPSA) is 13.1 Å². The van der Waals surface area contributed by atoms with Crippen molar-refractivity contribution in [3.05, 3.63) is 22.6 Å². The van der Waals surface area contributed by atoms with Gasteiger partial charge in [0.05, 0.1) is 5.02 Å². The van der Waals surface area contributed by atoms with Crippen molar-refractivity contribution >= 4 is 11.6 Å². The van der Waals surface area contributed by atoms with Gasteiger partial charge in [0.2, 0.25) is 0 Å². The number of hydrogen-bond donors (Lipinski definition) is 0. The van der Waals surface area contributed by atoms with Gasteiger partial charge in [-0.3, -0.25) is 0 Å². The van der Waals surface area contributed by atoms with Crippen LogP contribution in [0.15, 0.2) is 10.7 Å². The Kier molecular flexibility index (Phi) is 2.02. The maximum atomic E-state index is 5.84. The molecular formula is C9H13ClO. The first-order chi connectivity index (χ1) is 4.93. The standard InChI is InChI=1S/C9H13ClO/c1-6-7(10)5-11-8(6)9(2,3)4/h5H,1-4H3. The molecule has 0 amide bonds. The van der Waals surface area contributed by atoms with Crippen molar-refractivity contribution in [2.24, 2.45) is 0 Å². The Morgan fingerprint density at radius 1 is 1.36 bits per heavy atom. The van der Waals surface area contributed by atoms with Crippen LogP contribution >= 0.6 is 11.6 Å². The van der Waals surface area contributed by atoms with E-state index in [0.717, 1.165) is 16.3 Å². The molecule has 0 spiro atoms. The number of halogens is 1. The van der Waals surface area contributed by atoms with Crippen molar-refractivity contribution in [2.75, 3.05) is 0 Å². The highest BCUT2D eigenvalue weighted by atomic mass is 35.5. The quantitative estimate of drug-likeness (QED) is 0.584.